The lowest BCUT2D eigenvalue weighted by Gasteiger charge is -2.33. The maximum Gasteiger partial charge on any atom is 0.234 e. The molecule has 1 aliphatic heterocycles. The standard InChI is InChI=1S/C14H20FN3O2/c1-9-7-14(20)18(10(2)17-9)13-8-11(16-5-6-19)3-4-12(13)15/h8-9,12,19H,3-7H2,1-2H3. The molecule has 0 saturated heterocycles. The number of halogens is 1. The quantitative estimate of drug-likeness (QED) is 0.851. The first-order valence-corrected chi connectivity index (χ1v) is 6.90. The van der Waals surface area contributed by atoms with Gasteiger partial charge >= 0.3 is 0 Å². The van der Waals surface area contributed by atoms with Gasteiger partial charge in [0.2, 0.25) is 5.91 Å². The smallest absolute Gasteiger partial charge is 0.234 e. The second-order valence-corrected chi connectivity index (χ2v) is 5.13. The van der Waals surface area contributed by atoms with Crippen molar-refractivity contribution < 1.29 is 14.3 Å². The lowest BCUT2D eigenvalue weighted by atomic mass is 9.98. The molecular formula is C14H20FN3O2. The molecule has 2 rings (SSSR count). The average Bonchev–Trinajstić information content (AvgIpc) is 2.38. The number of aliphatic imine (C=N–C) groups is 2. The molecule has 110 valence electrons. The molecule has 0 bridgehead atoms. The van der Waals surface area contributed by atoms with E-state index in [2.05, 4.69) is 9.98 Å². The topological polar surface area (TPSA) is 65.3 Å². The zero-order chi connectivity index (χ0) is 14.7. The summed E-state index contributed by atoms with van der Waals surface area (Å²) in [6.45, 7) is 3.86. The largest absolute Gasteiger partial charge is 0.394 e. The molecule has 5 nitrogen and oxygen atoms in total. The van der Waals surface area contributed by atoms with Crippen LogP contribution in [0.25, 0.3) is 0 Å². The highest BCUT2D eigenvalue weighted by Crippen LogP contribution is 2.27. The number of amides is 1. The molecule has 1 N–H and O–H groups in total. The van der Waals surface area contributed by atoms with E-state index in [1.54, 1.807) is 13.0 Å². The van der Waals surface area contributed by atoms with Gasteiger partial charge in [-0.15, -0.1) is 0 Å². The number of nitrogens with zero attached hydrogens (tertiary/aromatic N) is 3. The highest BCUT2D eigenvalue weighted by atomic mass is 19.1. The minimum Gasteiger partial charge on any atom is -0.394 e. The lowest BCUT2D eigenvalue weighted by molar-refractivity contribution is -0.127. The molecule has 0 spiro atoms. The summed E-state index contributed by atoms with van der Waals surface area (Å²) < 4.78 is 14.2. The molecule has 1 heterocycles. The van der Waals surface area contributed by atoms with Crippen LogP contribution < -0.4 is 0 Å². The Balaban J connectivity index is 2.31. The van der Waals surface area contributed by atoms with Crippen LogP contribution >= 0.6 is 0 Å². The highest BCUT2D eigenvalue weighted by Gasteiger charge is 2.33. The van der Waals surface area contributed by atoms with Crippen molar-refractivity contribution >= 4 is 17.5 Å². The van der Waals surface area contributed by atoms with Gasteiger partial charge in [0, 0.05) is 12.1 Å². The number of alkyl halides is 1. The minimum absolute atomic E-state index is 0.0353. The number of rotatable bonds is 3. The summed E-state index contributed by atoms with van der Waals surface area (Å²) in [5.41, 5.74) is 1.05. The number of hydrogen-bond donors (Lipinski definition) is 1. The molecular weight excluding hydrogens is 261 g/mol. The number of hydrogen-bond acceptors (Lipinski definition) is 4. The molecule has 0 aromatic rings. The number of carbonyl (C=O) groups excluding carboxylic acids is 1. The summed E-state index contributed by atoms with van der Waals surface area (Å²) in [4.78, 5) is 22.0. The first-order chi connectivity index (χ1) is 9.52. The van der Waals surface area contributed by atoms with E-state index in [4.69, 9.17) is 5.11 Å². The number of aliphatic hydroxyl groups excluding tert-OH is 1. The Morgan fingerprint density at radius 3 is 3.00 bits per heavy atom. The van der Waals surface area contributed by atoms with Crippen molar-refractivity contribution in [3.8, 4) is 0 Å². The molecule has 0 radical (unpaired) electrons. The van der Waals surface area contributed by atoms with E-state index < -0.39 is 6.17 Å². The zero-order valence-corrected chi connectivity index (χ0v) is 11.8. The predicted octanol–water partition coefficient (Wildman–Crippen LogP) is 1.47. The van der Waals surface area contributed by atoms with Gasteiger partial charge in [-0.25, -0.2) is 4.39 Å². The van der Waals surface area contributed by atoms with Crippen molar-refractivity contribution in [2.75, 3.05) is 13.2 Å². The summed E-state index contributed by atoms with van der Waals surface area (Å²) in [7, 11) is 0. The summed E-state index contributed by atoms with van der Waals surface area (Å²) in [6, 6.07) is -0.0523. The summed E-state index contributed by atoms with van der Waals surface area (Å²) in [5.74, 6) is 0.411. The lowest BCUT2D eigenvalue weighted by Crippen LogP contribution is -2.43. The number of aliphatic hydroxyl groups is 1. The van der Waals surface area contributed by atoms with Crippen LogP contribution in [-0.4, -0.2) is 52.8 Å². The number of allylic oxidation sites excluding steroid dienone is 2. The molecule has 2 aliphatic rings. The van der Waals surface area contributed by atoms with Crippen LogP contribution in [0, 0.1) is 0 Å². The van der Waals surface area contributed by atoms with E-state index in [9.17, 15) is 9.18 Å². The molecule has 0 aromatic heterocycles. The Hall–Kier alpha value is -1.56. The molecule has 1 amide bonds. The first-order valence-electron chi connectivity index (χ1n) is 6.90. The predicted molar refractivity (Wildman–Crippen MR) is 75.6 cm³/mol. The van der Waals surface area contributed by atoms with Gasteiger partial charge < -0.3 is 5.11 Å². The van der Waals surface area contributed by atoms with Crippen molar-refractivity contribution in [1.82, 2.24) is 4.90 Å². The molecule has 0 saturated carbocycles. The average molecular weight is 281 g/mol. The fourth-order valence-electron chi connectivity index (χ4n) is 2.56. The second kappa shape index (κ2) is 6.26. The van der Waals surface area contributed by atoms with Gasteiger partial charge in [0.15, 0.2) is 0 Å². The molecule has 0 aromatic carbocycles. The van der Waals surface area contributed by atoms with Gasteiger partial charge in [-0.1, -0.05) is 0 Å². The molecule has 0 fully saturated rings. The van der Waals surface area contributed by atoms with Crippen LogP contribution in [0.15, 0.2) is 21.8 Å². The van der Waals surface area contributed by atoms with Crippen molar-refractivity contribution in [3.63, 3.8) is 0 Å². The molecule has 2 unspecified atom stereocenters. The van der Waals surface area contributed by atoms with Crippen molar-refractivity contribution in [2.45, 2.75) is 45.3 Å². The van der Waals surface area contributed by atoms with E-state index in [0.29, 0.717) is 37.3 Å². The van der Waals surface area contributed by atoms with Crippen molar-refractivity contribution in [1.29, 1.82) is 0 Å². The number of carbonyl (C=O) groups is 1. The Labute approximate surface area is 117 Å². The third kappa shape index (κ3) is 3.12. The fourth-order valence-corrected chi connectivity index (χ4v) is 2.56. The van der Waals surface area contributed by atoms with Crippen LogP contribution in [0.2, 0.25) is 0 Å². The van der Waals surface area contributed by atoms with Crippen LogP contribution in [0.5, 0.6) is 0 Å². The SMILES string of the molecule is CC1=NC(C)CC(=O)N1C1=CC(=NCCO)CCC1F. The third-order valence-corrected chi connectivity index (χ3v) is 3.41. The van der Waals surface area contributed by atoms with Gasteiger partial charge in [-0.2, -0.15) is 0 Å². The van der Waals surface area contributed by atoms with Crippen LogP contribution in [0.4, 0.5) is 4.39 Å². The van der Waals surface area contributed by atoms with Crippen molar-refractivity contribution in [3.05, 3.63) is 11.8 Å². The van der Waals surface area contributed by atoms with Gasteiger partial charge in [0.25, 0.3) is 0 Å². The van der Waals surface area contributed by atoms with E-state index in [-0.39, 0.29) is 18.6 Å². The molecule has 20 heavy (non-hydrogen) atoms. The van der Waals surface area contributed by atoms with Gasteiger partial charge in [0.1, 0.15) is 12.0 Å². The van der Waals surface area contributed by atoms with Gasteiger partial charge in [-0.05, 0) is 32.8 Å². The molecule has 6 heteroatoms. The van der Waals surface area contributed by atoms with Gasteiger partial charge in [0.05, 0.1) is 24.9 Å². The Bertz CT molecular complexity index is 485. The number of amidine groups is 1. The Kier molecular flexibility index (Phi) is 4.65. The van der Waals surface area contributed by atoms with E-state index in [1.165, 1.54) is 4.90 Å². The first kappa shape index (κ1) is 14.8. The summed E-state index contributed by atoms with van der Waals surface area (Å²) in [5, 5.41) is 8.79. The Morgan fingerprint density at radius 1 is 1.60 bits per heavy atom. The zero-order valence-electron chi connectivity index (χ0n) is 11.8. The molecule has 2 atom stereocenters. The van der Waals surface area contributed by atoms with Crippen LogP contribution in [0.3, 0.4) is 0 Å². The monoisotopic (exact) mass is 281 g/mol. The normalized spacial score (nSPS) is 29.5. The third-order valence-electron chi connectivity index (χ3n) is 3.41. The van der Waals surface area contributed by atoms with Crippen LogP contribution in [0.1, 0.15) is 33.1 Å². The van der Waals surface area contributed by atoms with E-state index in [1.807, 2.05) is 6.92 Å². The summed E-state index contributed by atoms with van der Waals surface area (Å²) >= 11 is 0. The fraction of sp³-hybridized carbons (Fsp3) is 0.643. The Morgan fingerprint density at radius 2 is 2.35 bits per heavy atom. The van der Waals surface area contributed by atoms with E-state index >= 15 is 0 Å². The van der Waals surface area contributed by atoms with Gasteiger partial charge in [-0.3, -0.25) is 19.7 Å². The maximum atomic E-state index is 14.2. The van der Waals surface area contributed by atoms with E-state index in [0.717, 1.165) is 5.71 Å². The van der Waals surface area contributed by atoms with Crippen molar-refractivity contribution in [2.24, 2.45) is 9.98 Å². The second-order valence-electron chi connectivity index (χ2n) is 5.13. The maximum absolute atomic E-state index is 14.2. The molecule has 1 aliphatic carbocycles. The summed E-state index contributed by atoms with van der Waals surface area (Å²) in [6.07, 6.45) is 1.58. The minimum atomic E-state index is -1.18. The highest BCUT2D eigenvalue weighted by molar-refractivity contribution is 6.04. The van der Waals surface area contributed by atoms with Crippen LogP contribution in [-0.2, 0) is 4.79 Å².